The molecule has 0 radical (unpaired) electrons. The third-order valence-corrected chi connectivity index (χ3v) is 2.99. The van der Waals surface area contributed by atoms with Crippen molar-refractivity contribution >= 4 is 16.8 Å². The minimum absolute atomic E-state index is 0.0257. The van der Waals surface area contributed by atoms with E-state index in [4.69, 9.17) is 4.74 Å². The first kappa shape index (κ1) is 14.2. The molecule has 0 saturated heterocycles. The van der Waals surface area contributed by atoms with Crippen LogP contribution in [-0.4, -0.2) is 23.6 Å². The highest BCUT2D eigenvalue weighted by Gasteiger charge is 2.08. The fraction of sp³-hybridized carbons (Fsp3) is 0.312. The number of amides is 1. The molecule has 0 fully saturated rings. The molecule has 0 aliphatic carbocycles. The zero-order valence-electron chi connectivity index (χ0n) is 11.8. The van der Waals surface area contributed by atoms with E-state index in [1.54, 1.807) is 6.08 Å². The van der Waals surface area contributed by atoms with Gasteiger partial charge in [-0.1, -0.05) is 19.1 Å². The van der Waals surface area contributed by atoms with E-state index in [9.17, 15) is 4.79 Å². The molecule has 4 heteroatoms. The lowest BCUT2D eigenvalue weighted by Crippen LogP contribution is -2.27. The highest BCUT2D eigenvalue weighted by Crippen LogP contribution is 2.26. The average molecular weight is 272 g/mol. The molecule has 20 heavy (non-hydrogen) atoms. The van der Waals surface area contributed by atoms with E-state index >= 15 is 0 Å². The van der Waals surface area contributed by atoms with E-state index in [1.807, 2.05) is 35.0 Å². The lowest BCUT2D eigenvalue weighted by Gasteiger charge is -2.08. The minimum atomic E-state index is -0.0257. The SMILES string of the molecule is C=CCNC(=O)Cn1ccc2c(OCCC)cccc21. The topological polar surface area (TPSA) is 43.3 Å². The molecule has 0 saturated carbocycles. The van der Waals surface area contributed by atoms with Crippen LogP contribution in [-0.2, 0) is 11.3 Å². The zero-order chi connectivity index (χ0) is 14.4. The summed E-state index contributed by atoms with van der Waals surface area (Å²) in [5, 5.41) is 3.81. The first-order valence-corrected chi connectivity index (χ1v) is 6.84. The molecule has 0 bridgehead atoms. The van der Waals surface area contributed by atoms with Gasteiger partial charge in [-0.05, 0) is 24.6 Å². The van der Waals surface area contributed by atoms with Crippen molar-refractivity contribution in [2.45, 2.75) is 19.9 Å². The fourth-order valence-electron chi connectivity index (χ4n) is 2.07. The molecule has 0 spiro atoms. The Morgan fingerprint density at radius 1 is 1.45 bits per heavy atom. The van der Waals surface area contributed by atoms with Crippen LogP contribution in [0.4, 0.5) is 0 Å². The van der Waals surface area contributed by atoms with E-state index in [0.717, 1.165) is 23.1 Å². The van der Waals surface area contributed by atoms with Gasteiger partial charge in [0, 0.05) is 18.1 Å². The van der Waals surface area contributed by atoms with Crippen molar-refractivity contribution < 1.29 is 9.53 Å². The first-order valence-electron chi connectivity index (χ1n) is 6.84. The number of fused-ring (bicyclic) bond motifs is 1. The molecule has 1 N–H and O–H groups in total. The van der Waals surface area contributed by atoms with E-state index in [-0.39, 0.29) is 5.91 Å². The number of aromatic nitrogens is 1. The summed E-state index contributed by atoms with van der Waals surface area (Å²) in [4.78, 5) is 11.8. The monoisotopic (exact) mass is 272 g/mol. The fourth-order valence-corrected chi connectivity index (χ4v) is 2.07. The van der Waals surface area contributed by atoms with Crippen LogP contribution >= 0.6 is 0 Å². The molecule has 2 aromatic rings. The molecule has 1 aromatic heterocycles. The van der Waals surface area contributed by atoms with Gasteiger partial charge < -0.3 is 14.6 Å². The average Bonchev–Trinajstić information content (AvgIpc) is 2.86. The van der Waals surface area contributed by atoms with Gasteiger partial charge in [0.1, 0.15) is 12.3 Å². The van der Waals surface area contributed by atoms with Crippen LogP contribution in [0.1, 0.15) is 13.3 Å². The maximum Gasteiger partial charge on any atom is 0.240 e. The molecular formula is C16H20N2O2. The summed E-state index contributed by atoms with van der Waals surface area (Å²) in [6, 6.07) is 7.89. The van der Waals surface area contributed by atoms with Crippen molar-refractivity contribution in [1.29, 1.82) is 0 Å². The van der Waals surface area contributed by atoms with Crippen LogP contribution in [0.25, 0.3) is 10.9 Å². The summed E-state index contributed by atoms with van der Waals surface area (Å²) in [5.74, 6) is 0.844. The number of carbonyl (C=O) groups excluding carboxylic acids is 1. The predicted molar refractivity (Wildman–Crippen MR) is 80.9 cm³/mol. The maximum absolute atomic E-state index is 11.8. The summed E-state index contributed by atoms with van der Waals surface area (Å²) in [6.45, 7) is 7.15. The molecule has 1 aromatic carbocycles. The zero-order valence-corrected chi connectivity index (χ0v) is 11.8. The second-order valence-corrected chi connectivity index (χ2v) is 4.57. The molecule has 0 unspecified atom stereocenters. The Labute approximate surface area is 119 Å². The normalized spacial score (nSPS) is 10.4. The summed E-state index contributed by atoms with van der Waals surface area (Å²) in [7, 11) is 0. The van der Waals surface area contributed by atoms with Gasteiger partial charge in [-0.15, -0.1) is 6.58 Å². The summed E-state index contributed by atoms with van der Waals surface area (Å²) in [6.07, 6.45) is 4.56. The highest BCUT2D eigenvalue weighted by molar-refractivity contribution is 5.88. The lowest BCUT2D eigenvalue weighted by atomic mass is 10.2. The van der Waals surface area contributed by atoms with Gasteiger partial charge in [0.15, 0.2) is 0 Å². The number of ether oxygens (including phenoxy) is 1. The number of hydrogen-bond acceptors (Lipinski definition) is 2. The Balaban J connectivity index is 2.19. The van der Waals surface area contributed by atoms with Gasteiger partial charge >= 0.3 is 0 Å². The predicted octanol–water partition coefficient (Wildman–Crippen LogP) is 2.73. The van der Waals surface area contributed by atoms with Crippen LogP contribution < -0.4 is 10.1 Å². The van der Waals surface area contributed by atoms with Gasteiger partial charge in [-0.2, -0.15) is 0 Å². The van der Waals surface area contributed by atoms with Crippen LogP contribution in [0.5, 0.6) is 5.75 Å². The molecule has 106 valence electrons. The van der Waals surface area contributed by atoms with Crippen molar-refractivity contribution in [2.24, 2.45) is 0 Å². The van der Waals surface area contributed by atoms with Gasteiger partial charge in [0.05, 0.1) is 12.1 Å². The number of nitrogens with zero attached hydrogens (tertiary/aromatic N) is 1. The van der Waals surface area contributed by atoms with Gasteiger partial charge in [-0.25, -0.2) is 0 Å². The number of nitrogens with one attached hydrogen (secondary N) is 1. The molecular weight excluding hydrogens is 252 g/mol. The number of hydrogen-bond donors (Lipinski definition) is 1. The van der Waals surface area contributed by atoms with Crippen molar-refractivity contribution in [2.75, 3.05) is 13.2 Å². The molecule has 2 rings (SSSR count). The number of rotatable bonds is 7. The molecule has 1 amide bonds. The first-order chi connectivity index (χ1) is 9.76. The quantitative estimate of drug-likeness (QED) is 0.788. The van der Waals surface area contributed by atoms with Crippen molar-refractivity contribution in [1.82, 2.24) is 9.88 Å². The Morgan fingerprint density at radius 2 is 2.30 bits per heavy atom. The smallest absolute Gasteiger partial charge is 0.240 e. The van der Waals surface area contributed by atoms with E-state index < -0.39 is 0 Å². The van der Waals surface area contributed by atoms with Crippen LogP contribution in [0, 0.1) is 0 Å². The maximum atomic E-state index is 11.8. The molecule has 1 heterocycles. The third kappa shape index (κ3) is 3.20. The second-order valence-electron chi connectivity index (χ2n) is 4.57. The Kier molecular flexibility index (Phi) is 4.82. The largest absolute Gasteiger partial charge is 0.493 e. The van der Waals surface area contributed by atoms with Crippen molar-refractivity contribution in [3.8, 4) is 5.75 Å². The van der Waals surface area contributed by atoms with E-state index in [0.29, 0.717) is 19.7 Å². The summed E-state index contributed by atoms with van der Waals surface area (Å²) in [5.41, 5.74) is 1.01. The van der Waals surface area contributed by atoms with Crippen LogP contribution in [0.15, 0.2) is 43.1 Å². The Morgan fingerprint density at radius 3 is 3.05 bits per heavy atom. The minimum Gasteiger partial charge on any atom is -0.493 e. The van der Waals surface area contributed by atoms with E-state index in [2.05, 4.69) is 18.8 Å². The van der Waals surface area contributed by atoms with Gasteiger partial charge in [0.25, 0.3) is 0 Å². The summed E-state index contributed by atoms with van der Waals surface area (Å²) >= 11 is 0. The van der Waals surface area contributed by atoms with Crippen molar-refractivity contribution in [3.63, 3.8) is 0 Å². The molecule has 4 nitrogen and oxygen atoms in total. The third-order valence-electron chi connectivity index (χ3n) is 2.99. The Bertz CT molecular complexity index is 602. The number of carbonyl (C=O) groups is 1. The van der Waals surface area contributed by atoms with E-state index in [1.165, 1.54) is 0 Å². The lowest BCUT2D eigenvalue weighted by molar-refractivity contribution is -0.121. The standard InChI is InChI=1S/C16H20N2O2/c1-3-9-17-16(19)12-18-10-8-13-14(18)6-5-7-15(13)20-11-4-2/h3,5-8,10H,1,4,9,11-12H2,2H3,(H,17,19). The highest BCUT2D eigenvalue weighted by atomic mass is 16.5. The van der Waals surface area contributed by atoms with Gasteiger partial charge in [0.2, 0.25) is 5.91 Å². The van der Waals surface area contributed by atoms with Gasteiger partial charge in [-0.3, -0.25) is 4.79 Å². The summed E-state index contributed by atoms with van der Waals surface area (Å²) < 4.78 is 7.65. The van der Waals surface area contributed by atoms with Crippen molar-refractivity contribution in [3.05, 3.63) is 43.1 Å². The van der Waals surface area contributed by atoms with Crippen LogP contribution in [0.3, 0.4) is 0 Å². The Hall–Kier alpha value is -2.23. The second kappa shape index (κ2) is 6.80. The number of benzene rings is 1. The molecule has 0 aliphatic rings. The molecule has 0 atom stereocenters. The molecule has 0 aliphatic heterocycles. The van der Waals surface area contributed by atoms with Crippen LogP contribution in [0.2, 0.25) is 0 Å².